The number of nitrogens with one attached hydrogen (secondary N) is 1. The van der Waals surface area contributed by atoms with Gasteiger partial charge in [0.2, 0.25) is 11.8 Å². The van der Waals surface area contributed by atoms with Crippen LogP contribution in [0.4, 0.5) is 5.69 Å². The summed E-state index contributed by atoms with van der Waals surface area (Å²) < 4.78 is 0. The van der Waals surface area contributed by atoms with Crippen LogP contribution in [-0.4, -0.2) is 65.5 Å². The largest absolute Gasteiger partial charge is 0.385 e. The maximum Gasteiger partial charge on any atom is 0.227 e. The number of aliphatic hydroxyl groups is 1. The van der Waals surface area contributed by atoms with E-state index in [0.29, 0.717) is 38.0 Å². The molecule has 212 valence electrons. The van der Waals surface area contributed by atoms with E-state index in [0.717, 1.165) is 43.6 Å². The number of hydrogen-bond acceptors (Lipinski definition) is 6. The molecular weight excluding hydrogens is 492 g/mol. The van der Waals surface area contributed by atoms with Crippen LogP contribution in [0.3, 0.4) is 0 Å². The van der Waals surface area contributed by atoms with E-state index in [1.807, 2.05) is 62.9 Å². The highest BCUT2D eigenvalue weighted by Crippen LogP contribution is 2.30. The summed E-state index contributed by atoms with van der Waals surface area (Å²) in [5.41, 5.74) is 0.594. The van der Waals surface area contributed by atoms with Gasteiger partial charge in [0.15, 0.2) is 0 Å². The molecule has 1 fully saturated rings. The first-order valence-corrected chi connectivity index (χ1v) is 14.1. The fourth-order valence-corrected chi connectivity index (χ4v) is 5.20. The van der Waals surface area contributed by atoms with Gasteiger partial charge in [-0.1, -0.05) is 63.2 Å². The summed E-state index contributed by atoms with van der Waals surface area (Å²) in [6.45, 7) is 11.2. The molecule has 0 aliphatic carbocycles. The van der Waals surface area contributed by atoms with E-state index in [4.69, 9.17) is 0 Å². The Bertz CT molecular complexity index is 1080. The minimum atomic E-state index is -1.04. The van der Waals surface area contributed by atoms with Crippen molar-refractivity contribution in [2.24, 2.45) is 10.6 Å². The van der Waals surface area contributed by atoms with E-state index in [9.17, 15) is 19.6 Å². The number of piperidine rings is 1. The number of nitrogens with zero attached hydrogens (tertiary/aromatic N) is 3. The highest BCUT2D eigenvalue weighted by Gasteiger charge is 2.32. The van der Waals surface area contributed by atoms with Crippen LogP contribution < -0.4 is 5.32 Å². The molecule has 1 atom stereocenters. The summed E-state index contributed by atoms with van der Waals surface area (Å²) in [4.78, 5) is 40.4. The van der Waals surface area contributed by atoms with Crippen molar-refractivity contribution in [1.82, 2.24) is 15.1 Å². The third-order valence-electron chi connectivity index (χ3n) is 7.71. The lowest BCUT2D eigenvalue weighted by atomic mass is 9.86. The first-order valence-electron chi connectivity index (χ1n) is 14.1. The molecule has 2 amide bonds. The Morgan fingerprint density at radius 3 is 2.23 bits per heavy atom. The van der Waals surface area contributed by atoms with Gasteiger partial charge in [0.1, 0.15) is 5.69 Å². The van der Waals surface area contributed by atoms with Crippen LogP contribution in [0, 0.1) is 10.3 Å². The lowest BCUT2D eigenvalue weighted by Crippen LogP contribution is -2.48. The maximum absolute atomic E-state index is 13.1. The van der Waals surface area contributed by atoms with Crippen LogP contribution in [0.2, 0.25) is 0 Å². The Morgan fingerprint density at radius 2 is 1.67 bits per heavy atom. The molecule has 3 rings (SSSR count). The molecular formula is C31H44N4O4. The summed E-state index contributed by atoms with van der Waals surface area (Å²) in [6, 6.07) is 16.7. The normalized spacial score (nSPS) is 16.3. The first kappa shape index (κ1) is 30.4. The lowest BCUT2D eigenvalue weighted by Gasteiger charge is -2.39. The van der Waals surface area contributed by atoms with Gasteiger partial charge in [-0.05, 0) is 61.0 Å². The van der Waals surface area contributed by atoms with Gasteiger partial charge in [-0.25, -0.2) is 0 Å². The van der Waals surface area contributed by atoms with E-state index in [1.165, 1.54) is 0 Å². The van der Waals surface area contributed by atoms with Crippen LogP contribution in [0.5, 0.6) is 0 Å². The summed E-state index contributed by atoms with van der Waals surface area (Å²) >= 11 is 0. The monoisotopic (exact) mass is 536 g/mol. The lowest BCUT2D eigenvalue weighted by molar-refractivity contribution is -0.133. The van der Waals surface area contributed by atoms with Gasteiger partial charge in [0.05, 0.1) is 12.0 Å². The second-order valence-corrected chi connectivity index (χ2v) is 11.6. The summed E-state index contributed by atoms with van der Waals surface area (Å²) in [7, 11) is 0. The van der Waals surface area contributed by atoms with Crippen LogP contribution in [0.25, 0.3) is 0 Å². The average Bonchev–Trinajstić information content (AvgIpc) is 2.93. The highest BCUT2D eigenvalue weighted by atomic mass is 16.3. The van der Waals surface area contributed by atoms with Crippen molar-refractivity contribution in [2.75, 3.05) is 32.7 Å². The molecule has 0 radical (unpaired) electrons. The quantitative estimate of drug-likeness (QED) is 0.381. The van der Waals surface area contributed by atoms with Gasteiger partial charge in [-0.2, -0.15) is 0 Å². The molecule has 1 saturated heterocycles. The molecule has 2 aromatic carbocycles. The molecule has 1 aliphatic heterocycles. The van der Waals surface area contributed by atoms with E-state index >= 15 is 0 Å². The third kappa shape index (κ3) is 8.70. The summed E-state index contributed by atoms with van der Waals surface area (Å²) in [5, 5.41) is 17.6. The van der Waals surface area contributed by atoms with Crippen molar-refractivity contribution in [1.29, 1.82) is 0 Å². The standard InChI is InChI=1S/C31H44N4O4/c1-5-35(28(36)23-24-11-13-26(33-39)14-12-24)27-15-20-34(21-16-27)22-18-31(38,25-9-7-6-8-10-25)17-19-32-29(37)30(2,3)4/h6-14,27,38H,5,15-23H2,1-4H3,(H,32,37). The Hall–Kier alpha value is -3.10. The second kappa shape index (κ2) is 13.8. The first-order chi connectivity index (χ1) is 18.6. The number of likely N-dealkylation sites (tertiary alicyclic amines) is 1. The Morgan fingerprint density at radius 1 is 1.03 bits per heavy atom. The highest BCUT2D eigenvalue weighted by molar-refractivity contribution is 5.81. The van der Waals surface area contributed by atoms with Crippen molar-refractivity contribution in [3.05, 3.63) is 70.6 Å². The number of likely N-dealkylation sites (N-methyl/N-ethyl adjacent to an activating group) is 1. The van der Waals surface area contributed by atoms with Gasteiger partial charge in [0.25, 0.3) is 0 Å². The minimum absolute atomic E-state index is 0.0232. The Balaban J connectivity index is 1.54. The van der Waals surface area contributed by atoms with Gasteiger partial charge in [-0.15, -0.1) is 4.91 Å². The van der Waals surface area contributed by atoms with E-state index in [1.54, 1.807) is 24.3 Å². The molecule has 2 aromatic rings. The van der Waals surface area contributed by atoms with Crippen LogP contribution in [0.15, 0.2) is 59.8 Å². The zero-order valence-electron chi connectivity index (χ0n) is 23.9. The minimum Gasteiger partial charge on any atom is -0.385 e. The Labute approximate surface area is 232 Å². The maximum atomic E-state index is 13.1. The zero-order chi connectivity index (χ0) is 28.5. The molecule has 39 heavy (non-hydrogen) atoms. The number of amides is 2. The number of hydrogen-bond donors (Lipinski definition) is 2. The predicted octanol–water partition coefficient (Wildman–Crippen LogP) is 4.77. The number of benzene rings is 2. The van der Waals surface area contributed by atoms with Gasteiger partial charge in [0, 0.05) is 44.2 Å². The number of carbonyl (C=O) groups is 2. The number of carbonyl (C=O) groups excluding carboxylic acids is 2. The van der Waals surface area contributed by atoms with Crippen LogP contribution in [0.1, 0.15) is 64.5 Å². The van der Waals surface area contributed by atoms with Gasteiger partial charge in [-0.3, -0.25) is 9.59 Å². The van der Waals surface area contributed by atoms with Gasteiger partial charge >= 0.3 is 0 Å². The third-order valence-corrected chi connectivity index (χ3v) is 7.71. The molecule has 1 unspecified atom stereocenters. The van der Waals surface area contributed by atoms with Crippen molar-refractivity contribution in [3.63, 3.8) is 0 Å². The van der Waals surface area contributed by atoms with Crippen molar-refractivity contribution in [3.8, 4) is 0 Å². The molecule has 1 aliphatic rings. The van der Waals surface area contributed by atoms with E-state index in [-0.39, 0.29) is 17.9 Å². The van der Waals surface area contributed by atoms with E-state index in [2.05, 4.69) is 15.4 Å². The SMILES string of the molecule is CCN(C(=O)Cc1ccc(N=O)cc1)C1CCN(CCC(O)(CCNC(=O)C(C)(C)C)c2ccccc2)CC1. The number of nitroso groups, excluding NO2 is 1. The van der Waals surface area contributed by atoms with Crippen molar-refractivity contribution >= 4 is 17.5 Å². The van der Waals surface area contributed by atoms with Crippen LogP contribution >= 0.6 is 0 Å². The van der Waals surface area contributed by atoms with Gasteiger partial charge < -0.3 is 20.2 Å². The fraction of sp³-hybridized carbons (Fsp3) is 0.548. The van der Waals surface area contributed by atoms with Crippen molar-refractivity contribution < 1.29 is 14.7 Å². The Kier molecular flexibility index (Phi) is 10.8. The predicted molar refractivity (Wildman–Crippen MR) is 154 cm³/mol. The molecule has 0 aromatic heterocycles. The summed E-state index contributed by atoms with van der Waals surface area (Å²) in [5.74, 6) is 0.0727. The fourth-order valence-electron chi connectivity index (χ4n) is 5.20. The zero-order valence-corrected chi connectivity index (χ0v) is 23.9. The van der Waals surface area contributed by atoms with Crippen LogP contribution in [-0.2, 0) is 21.6 Å². The summed E-state index contributed by atoms with van der Waals surface area (Å²) in [6.07, 6.45) is 3.09. The molecule has 0 bridgehead atoms. The van der Waals surface area contributed by atoms with Crippen molar-refractivity contribution in [2.45, 2.75) is 71.4 Å². The number of rotatable bonds is 12. The second-order valence-electron chi connectivity index (χ2n) is 11.6. The topological polar surface area (TPSA) is 102 Å². The smallest absolute Gasteiger partial charge is 0.227 e. The van der Waals surface area contributed by atoms with E-state index < -0.39 is 11.0 Å². The molecule has 1 heterocycles. The molecule has 8 heteroatoms. The average molecular weight is 537 g/mol. The molecule has 2 N–H and O–H groups in total. The molecule has 8 nitrogen and oxygen atoms in total. The molecule has 0 spiro atoms. The molecule has 0 saturated carbocycles.